The van der Waals surface area contributed by atoms with Gasteiger partial charge in [0.05, 0.1) is 12.3 Å². The van der Waals surface area contributed by atoms with E-state index in [9.17, 15) is 9.59 Å². The number of hydrogen-bond acceptors (Lipinski definition) is 4. The molecule has 3 rings (SSSR count). The third kappa shape index (κ3) is 7.86. The molecule has 2 aromatic carbocycles. The SMILES string of the molecule is CC(C)(C)OC(=O)C[C@@H](Cc1ccccc1)C(=O)N1CCC[C@@](N)(Cc2ccc(Cl)cc2)C1. The van der Waals surface area contributed by atoms with Gasteiger partial charge in [-0.15, -0.1) is 0 Å². The van der Waals surface area contributed by atoms with E-state index in [0.29, 0.717) is 31.0 Å². The Kier molecular flexibility index (Phi) is 8.19. The fourth-order valence-corrected chi connectivity index (χ4v) is 4.62. The third-order valence-corrected chi connectivity index (χ3v) is 6.15. The average molecular weight is 471 g/mol. The van der Waals surface area contributed by atoms with Crippen LogP contribution in [0, 0.1) is 5.92 Å². The molecular weight excluding hydrogens is 436 g/mol. The van der Waals surface area contributed by atoms with Crippen molar-refractivity contribution < 1.29 is 14.3 Å². The van der Waals surface area contributed by atoms with Crippen molar-refractivity contribution in [3.05, 3.63) is 70.7 Å². The Morgan fingerprint density at radius 3 is 2.39 bits per heavy atom. The molecule has 0 spiro atoms. The summed E-state index contributed by atoms with van der Waals surface area (Å²) >= 11 is 6.01. The highest BCUT2D eigenvalue weighted by atomic mass is 35.5. The Morgan fingerprint density at radius 1 is 1.09 bits per heavy atom. The van der Waals surface area contributed by atoms with Crippen molar-refractivity contribution >= 4 is 23.5 Å². The minimum atomic E-state index is -0.590. The van der Waals surface area contributed by atoms with Crippen LogP contribution in [0.4, 0.5) is 0 Å². The first kappa shape index (κ1) is 25.3. The van der Waals surface area contributed by atoms with Gasteiger partial charge in [-0.3, -0.25) is 9.59 Å². The lowest BCUT2D eigenvalue weighted by molar-refractivity contribution is -0.158. The molecule has 1 heterocycles. The van der Waals surface area contributed by atoms with Gasteiger partial charge < -0.3 is 15.4 Å². The summed E-state index contributed by atoms with van der Waals surface area (Å²) in [5, 5.41) is 0.691. The number of nitrogens with two attached hydrogens (primary N) is 1. The zero-order chi connectivity index (χ0) is 24.1. The number of nitrogens with zero attached hydrogens (tertiary/aromatic N) is 1. The largest absolute Gasteiger partial charge is 0.460 e. The topological polar surface area (TPSA) is 72.6 Å². The molecule has 1 aliphatic rings. The van der Waals surface area contributed by atoms with Gasteiger partial charge in [0, 0.05) is 23.7 Å². The zero-order valence-electron chi connectivity index (χ0n) is 19.9. The van der Waals surface area contributed by atoms with Crippen LogP contribution in [0.3, 0.4) is 0 Å². The lowest BCUT2D eigenvalue weighted by Crippen LogP contribution is -2.58. The van der Waals surface area contributed by atoms with Gasteiger partial charge in [-0.25, -0.2) is 0 Å². The molecule has 0 aromatic heterocycles. The maximum Gasteiger partial charge on any atom is 0.307 e. The molecule has 1 amide bonds. The summed E-state index contributed by atoms with van der Waals surface area (Å²) in [6.07, 6.45) is 2.89. The highest BCUT2D eigenvalue weighted by Gasteiger charge is 2.37. The van der Waals surface area contributed by atoms with Crippen LogP contribution in [0.1, 0.15) is 51.2 Å². The highest BCUT2D eigenvalue weighted by Crippen LogP contribution is 2.27. The van der Waals surface area contributed by atoms with Crippen LogP contribution in [0.25, 0.3) is 0 Å². The molecule has 1 saturated heterocycles. The van der Waals surface area contributed by atoms with E-state index < -0.39 is 17.1 Å². The third-order valence-electron chi connectivity index (χ3n) is 5.90. The van der Waals surface area contributed by atoms with Gasteiger partial charge >= 0.3 is 5.97 Å². The van der Waals surface area contributed by atoms with E-state index in [-0.39, 0.29) is 18.3 Å². The molecule has 0 aliphatic carbocycles. The molecular formula is C27H35ClN2O3. The monoisotopic (exact) mass is 470 g/mol. The molecule has 33 heavy (non-hydrogen) atoms. The number of likely N-dealkylation sites (tertiary alicyclic amines) is 1. The van der Waals surface area contributed by atoms with E-state index in [0.717, 1.165) is 24.0 Å². The summed E-state index contributed by atoms with van der Waals surface area (Å²) in [6, 6.07) is 17.5. The number of rotatable bonds is 7. The Labute approximate surface area is 202 Å². The summed E-state index contributed by atoms with van der Waals surface area (Å²) in [5.74, 6) is -0.871. The maximum absolute atomic E-state index is 13.6. The van der Waals surface area contributed by atoms with Gasteiger partial charge in [0.2, 0.25) is 5.91 Å². The van der Waals surface area contributed by atoms with Gasteiger partial charge in [0.15, 0.2) is 0 Å². The molecule has 2 atom stereocenters. The van der Waals surface area contributed by atoms with Crippen molar-refractivity contribution in [3.63, 3.8) is 0 Å². The Hall–Kier alpha value is -2.37. The van der Waals surface area contributed by atoms with Crippen LogP contribution in [0.2, 0.25) is 5.02 Å². The van der Waals surface area contributed by atoms with Crippen molar-refractivity contribution in [2.75, 3.05) is 13.1 Å². The first-order valence-corrected chi connectivity index (χ1v) is 12.0. The van der Waals surface area contributed by atoms with E-state index in [1.165, 1.54) is 0 Å². The molecule has 0 unspecified atom stereocenters. The summed E-state index contributed by atoms with van der Waals surface area (Å²) < 4.78 is 5.53. The van der Waals surface area contributed by atoms with Crippen LogP contribution in [-0.4, -0.2) is 41.0 Å². The van der Waals surface area contributed by atoms with E-state index in [1.54, 1.807) is 0 Å². The molecule has 2 aromatic rings. The van der Waals surface area contributed by atoms with Gasteiger partial charge in [-0.1, -0.05) is 54.1 Å². The molecule has 1 fully saturated rings. The lowest BCUT2D eigenvalue weighted by Gasteiger charge is -2.41. The number of benzene rings is 2. The van der Waals surface area contributed by atoms with Crippen LogP contribution < -0.4 is 5.73 Å². The van der Waals surface area contributed by atoms with Crippen molar-refractivity contribution in [2.45, 2.75) is 64.0 Å². The smallest absolute Gasteiger partial charge is 0.307 e. The van der Waals surface area contributed by atoms with Crippen LogP contribution >= 0.6 is 11.6 Å². The summed E-state index contributed by atoms with van der Waals surface area (Å²) in [4.78, 5) is 28.1. The van der Waals surface area contributed by atoms with Crippen LogP contribution in [-0.2, 0) is 27.2 Å². The molecule has 5 nitrogen and oxygen atoms in total. The highest BCUT2D eigenvalue weighted by molar-refractivity contribution is 6.30. The van der Waals surface area contributed by atoms with Crippen LogP contribution in [0.15, 0.2) is 54.6 Å². The van der Waals surface area contributed by atoms with Crippen molar-refractivity contribution in [1.29, 1.82) is 0 Å². The molecule has 1 aliphatic heterocycles. The number of halogens is 1. The summed E-state index contributed by atoms with van der Waals surface area (Å²) in [5.41, 5.74) is 7.80. The number of ether oxygens (including phenoxy) is 1. The number of esters is 1. The van der Waals surface area contributed by atoms with E-state index in [2.05, 4.69) is 0 Å². The fraction of sp³-hybridized carbons (Fsp3) is 0.481. The number of carbonyl (C=O) groups excluding carboxylic acids is 2. The van der Waals surface area contributed by atoms with Crippen LogP contribution in [0.5, 0.6) is 0 Å². The normalized spacial score (nSPS) is 19.7. The molecule has 0 bridgehead atoms. The minimum Gasteiger partial charge on any atom is -0.460 e. The van der Waals surface area contributed by atoms with Crippen molar-refractivity contribution in [2.24, 2.45) is 11.7 Å². The number of amides is 1. The molecule has 2 N–H and O–H groups in total. The van der Waals surface area contributed by atoms with Gasteiger partial charge in [-0.2, -0.15) is 0 Å². The van der Waals surface area contributed by atoms with Gasteiger partial charge in [0.25, 0.3) is 0 Å². The number of hydrogen-bond donors (Lipinski definition) is 1. The quantitative estimate of drug-likeness (QED) is 0.590. The second kappa shape index (κ2) is 10.7. The maximum atomic E-state index is 13.6. The first-order chi connectivity index (χ1) is 15.5. The lowest BCUT2D eigenvalue weighted by atomic mass is 9.83. The molecule has 6 heteroatoms. The predicted molar refractivity (Wildman–Crippen MR) is 132 cm³/mol. The second-order valence-electron chi connectivity index (χ2n) is 10.2. The summed E-state index contributed by atoms with van der Waals surface area (Å²) in [7, 11) is 0. The number of piperidine rings is 1. The van der Waals surface area contributed by atoms with Crippen molar-refractivity contribution in [1.82, 2.24) is 4.90 Å². The molecule has 178 valence electrons. The Morgan fingerprint density at radius 2 is 1.76 bits per heavy atom. The Balaban J connectivity index is 1.74. The second-order valence-corrected chi connectivity index (χ2v) is 10.6. The van der Waals surface area contributed by atoms with Gasteiger partial charge in [0.1, 0.15) is 5.60 Å². The van der Waals surface area contributed by atoms with E-state index in [1.807, 2.05) is 80.3 Å². The summed E-state index contributed by atoms with van der Waals surface area (Å²) in [6.45, 7) is 6.63. The number of carbonyl (C=O) groups is 2. The molecule has 0 saturated carbocycles. The minimum absolute atomic E-state index is 0.0321. The first-order valence-electron chi connectivity index (χ1n) is 11.6. The fourth-order valence-electron chi connectivity index (χ4n) is 4.49. The Bertz CT molecular complexity index is 940. The average Bonchev–Trinajstić information content (AvgIpc) is 2.74. The zero-order valence-corrected chi connectivity index (χ0v) is 20.6. The van der Waals surface area contributed by atoms with Gasteiger partial charge in [-0.05, 0) is 69.7 Å². The predicted octanol–water partition coefficient (Wildman–Crippen LogP) is 4.79. The van der Waals surface area contributed by atoms with Crippen molar-refractivity contribution in [3.8, 4) is 0 Å². The van der Waals surface area contributed by atoms with E-state index in [4.69, 9.17) is 22.1 Å². The molecule has 0 radical (unpaired) electrons. The van der Waals surface area contributed by atoms with E-state index >= 15 is 0 Å². The standard InChI is InChI=1S/C27H35ClN2O3/c1-26(2,3)33-24(31)17-22(16-20-8-5-4-6-9-20)25(32)30-15-7-14-27(29,19-30)18-21-10-12-23(28)13-11-21/h4-6,8-13,22H,7,14-19,29H2,1-3H3/t22-,27-/m1/s1.